The molecule has 1 aliphatic carbocycles. The van der Waals surface area contributed by atoms with Gasteiger partial charge in [-0.1, -0.05) is 57.5 Å². The van der Waals surface area contributed by atoms with E-state index in [-0.39, 0.29) is 55.6 Å². The number of aliphatic hydroxyl groups excluding tert-OH is 2. The van der Waals surface area contributed by atoms with Crippen LogP contribution in [0.5, 0.6) is 0 Å². The molecule has 95 heavy (non-hydrogen) atoms. The van der Waals surface area contributed by atoms with Crippen LogP contribution < -0.4 is 53.4 Å². The number of nitrogens with one attached hydrogen (secondary N) is 9. The van der Waals surface area contributed by atoms with Gasteiger partial charge in [0, 0.05) is 54.1 Å². The Kier molecular flexibility index (Phi) is 23.5. The zero-order valence-electron chi connectivity index (χ0n) is 52.9. The molecule has 8 rings (SSSR count). The second-order valence-electron chi connectivity index (χ2n) is 23.8. The minimum atomic E-state index is -2.08. The average molecular weight is 1320 g/mol. The molecule has 0 radical (unpaired) electrons. The summed E-state index contributed by atoms with van der Waals surface area (Å²) in [5.74, 6) is -10.1. The first-order valence-electron chi connectivity index (χ1n) is 31.1. The van der Waals surface area contributed by atoms with E-state index in [0.29, 0.717) is 76.7 Å². The summed E-state index contributed by atoms with van der Waals surface area (Å²) in [6.07, 6.45) is 4.31. The van der Waals surface area contributed by atoms with E-state index in [9.17, 15) is 77.6 Å². The van der Waals surface area contributed by atoms with Crippen LogP contribution in [0.1, 0.15) is 111 Å². The van der Waals surface area contributed by atoms with E-state index < -0.39 is 170 Å². The Bertz CT molecular complexity index is 3790. The summed E-state index contributed by atoms with van der Waals surface area (Å²) in [5.41, 5.74) is 1.42. The van der Waals surface area contributed by atoms with Gasteiger partial charge in [0.05, 0.1) is 61.4 Å². The van der Waals surface area contributed by atoms with Gasteiger partial charge >= 0.3 is 5.97 Å². The molecule has 0 saturated carbocycles. The molecule has 0 spiro atoms. The monoisotopic (exact) mass is 1320 g/mol. The number of unbranched alkanes of at least 4 members (excludes halogenated alkanes) is 2. The minimum absolute atomic E-state index is 0.0171. The number of esters is 1. The Balaban J connectivity index is 0.780. The number of carbonyl (C=O) groups excluding carboxylic acids is 12. The van der Waals surface area contributed by atoms with Crippen LogP contribution in [0.25, 0.3) is 22.3 Å². The van der Waals surface area contributed by atoms with Crippen molar-refractivity contribution in [2.24, 2.45) is 5.92 Å². The number of ether oxygens (including phenoxy) is 2. The smallest absolute Gasteiger partial charge is 0.343 e. The summed E-state index contributed by atoms with van der Waals surface area (Å²) in [6.45, 7) is 3.24. The normalized spacial score (nSPS) is 17.4. The Morgan fingerprint density at radius 3 is 2.08 bits per heavy atom. The lowest BCUT2D eigenvalue weighted by Crippen LogP contribution is -2.59. The summed E-state index contributed by atoms with van der Waals surface area (Å²) in [7, 11) is 0. The fourth-order valence-electron chi connectivity index (χ4n) is 11.6. The number of aliphatic hydroxyl groups is 3. The van der Waals surface area contributed by atoms with E-state index in [0.717, 1.165) is 4.90 Å². The predicted molar refractivity (Wildman–Crippen MR) is 332 cm³/mol. The minimum Gasteiger partial charge on any atom is -0.458 e. The highest BCUT2D eigenvalue weighted by atomic mass is 19.1. The number of benzene rings is 2. The Morgan fingerprint density at radius 1 is 0.747 bits per heavy atom. The zero-order valence-corrected chi connectivity index (χ0v) is 52.9. The molecular weight excluding hydrogens is 1240 g/mol. The van der Waals surface area contributed by atoms with Crippen LogP contribution in [0.15, 0.2) is 59.4 Å². The second-order valence-corrected chi connectivity index (χ2v) is 23.8. The number of imide groups is 1. The van der Waals surface area contributed by atoms with Crippen LogP contribution in [0.2, 0.25) is 0 Å². The maximum absolute atomic E-state index is 15.4. The number of cyclic esters (lactones) is 1. The van der Waals surface area contributed by atoms with Crippen molar-refractivity contribution in [1.29, 1.82) is 0 Å². The molecule has 2 aromatic carbocycles. The van der Waals surface area contributed by atoms with Gasteiger partial charge in [0.25, 0.3) is 17.4 Å². The molecule has 0 bridgehead atoms. The number of amides is 11. The lowest BCUT2D eigenvalue weighted by Gasteiger charge is -2.31. The number of aromatic nitrogens is 2. The van der Waals surface area contributed by atoms with Gasteiger partial charge in [-0.2, -0.15) is 0 Å². The Hall–Kier alpha value is -9.85. The number of hydrogen-bond acceptors (Lipinski definition) is 19. The van der Waals surface area contributed by atoms with Crippen LogP contribution in [0.3, 0.4) is 0 Å². The molecule has 4 aromatic rings. The first-order valence-corrected chi connectivity index (χ1v) is 31.1. The van der Waals surface area contributed by atoms with Crippen LogP contribution >= 0.6 is 0 Å². The fraction of sp³-hybridized carbons (Fsp3) is 0.469. The lowest BCUT2D eigenvalue weighted by atomic mass is 9.81. The SMILES string of the molecule is CC[C@@]1(O)C(=O)OCc2c1cc1n(c2=O)Cc2c-1nc1cc(F)c(C)c3c1c2[C@@H](NC(=O)COCNC(=O)CNC(=O)[C@H](Cc1ccccc1)NC(=O)CNC(=O)[C@H](CO)NC(=O)[C@H](CO)NC(=O)[C@H](C)NC(=O)[C@@H](NC(=O)CCCCCN1C(=O)C=CC1=O)C(C)C)CC3. The van der Waals surface area contributed by atoms with Crippen molar-refractivity contribution in [3.8, 4) is 11.4 Å². The van der Waals surface area contributed by atoms with Gasteiger partial charge in [0.1, 0.15) is 56.0 Å². The number of carbonyl (C=O) groups is 12. The van der Waals surface area contributed by atoms with Gasteiger partial charge in [-0.3, -0.25) is 62.4 Å². The summed E-state index contributed by atoms with van der Waals surface area (Å²) in [6, 6.07) is 3.42. The quantitative estimate of drug-likeness (QED) is 0.00966. The zero-order chi connectivity index (χ0) is 69.0. The summed E-state index contributed by atoms with van der Waals surface area (Å²) < 4.78 is 27.6. The number of aryl methyl sites for hydroxylation is 1. The molecule has 2 aromatic heterocycles. The van der Waals surface area contributed by atoms with E-state index in [1.165, 1.54) is 29.7 Å². The maximum atomic E-state index is 15.4. The molecule has 5 heterocycles. The largest absolute Gasteiger partial charge is 0.458 e. The van der Waals surface area contributed by atoms with E-state index in [4.69, 9.17) is 14.5 Å². The molecule has 11 amide bonds. The Labute approximate surface area is 543 Å². The first-order chi connectivity index (χ1) is 45.3. The highest BCUT2D eigenvalue weighted by Crippen LogP contribution is 2.46. The molecule has 4 aliphatic rings. The standard InChI is InChI=1S/C64H77FN12O18/c1-6-64(93)39-22-46-56-37(26-77(46)62(91)38(39)29-95-63(64)92)54-41(17-16-36-33(4)40(65)23-42(72-56)53(36)54)70-50(83)30-94-31-68-48(81)24-66-58(87)43(21-35-13-9-7-10-14-35)71-49(82)25-67-59(88)44(27-78)74-60(89)45(28-79)73-57(86)34(5)69-61(90)55(32(2)3)75-47(80)15-11-8-12-20-76-51(84)18-19-52(76)85/h7,9-10,13-14,18-19,22-23,32,34,41,43-45,55,78-79,93H,6,8,11-12,15-17,20-21,24-31H2,1-5H3,(H,66,87)(H,67,88)(H,68,81)(H,69,90)(H,70,83)(H,71,82)(H,73,86)(H,74,89)(H,75,80)/t34-,41-,43-,44-,45-,55-,64-/m0/s1. The predicted octanol–water partition coefficient (Wildman–Crippen LogP) is -2.23. The molecule has 0 unspecified atom stereocenters. The summed E-state index contributed by atoms with van der Waals surface area (Å²) in [4.78, 5) is 175. The topological polar surface area (TPSA) is 430 Å². The maximum Gasteiger partial charge on any atom is 0.343 e. The van der Waals surface area contributed by atoms with E-state index in [1.807, 2.05) is 0 Å². The van der Waals surface area contributed by atoms with Crippen LogP contribution in [0.4, 0.5) is 4.39 Å². The molecule has 7 atom stereocenters. The van der Waals surface area contributed by atoms with Crippen LogP contribution in [-0.4, -0.2) is 177 Å². The molecule has 508 valence electrons. The highest BCUT2D eigenvalue weighted by Gasteiger charge is 2.46. The third-order valence-corrected chi connectivity index (χ3v) is 16.9. The number of rotatable bonds is 31. The molecule has 12 N–H and O–H groups in total. The average Bonchev–Trinajstić information content (AvgIpc) is 1.61. The Morgan fingerprint density at radius 2 is 1.41 bits per heavy atom. The van der Waals surface area contributed by atoms with Crippen molar-refractivity contribution in [2.75, 3.05) is 46.2 Å². The van der Waals surface area contributed by atoms with E-state index >= 15 is 4.39 Å². The van der Waals surface area contributed by atoms with Gasteiger partial charge in [-0.25, -0.2) is 14.2 Å². The number of hydrogen-bond donors (Lipinski definition) is 12. The number of fused-ring (bicyclic) bond motifs is 5. The lowest BCUT2D eigenvalue weighted by molar-refractivity contribution is -0.172. The summed E-state index contributed by atoms with van der Waals surface area (Å²) in [5, 5.41) is 54.2. The fourth-order valence-corrected chi connectivity index (χ4v) is 11.6. The van der Waals surface area contributed by atoms with Crippen LogP contribution in [-0.2, 0) is 98.6 Å². The molecule has 0 fully saturated rings. The third kappa shape index (κ3) is 16.6. The molecule has 0 saturated heterocycles. The number of halogens is 1. The van der Waals surface area contributed by atoms with Crippen molar-refractivity contribution in [3.63, 3.8) is 0 Å². The third-order valence-electron chi connectivity index (χ3n) is 16.9. The molecule has 3 aliphatic heterocycles. The molecule has 31 heteroatoms. The number of nitrogens with zero attached hydrogens (tertiary/aromatic N) is 3. The van der Waals surface area contributed by atoms with Crippen LogP contribution in [0, 0.1) is 18.7 Å². The van der Waals surface area contributed by atoms with Gasteiger partial charge in [0.2, 0.25) is 53.2 Å². The number of pyridine rings is 2. The van der Waals surface area contributed by atoms with Gasteiger partial charge in [0.15, 0.2) is 5.60 Å². The molecular formula is C64H77FN12O18. The second kappa shape index (κ2) is 31.4. The van der Waals surface area contributed by atoms with Gasteiger partial charge in [-0.05, 0) is 80.2 Å². The van der Waals surface area contributed by atoms with E-state index in [2.05, 4.69) is 47.9 Å². The van der Waals surface area contributed by atoms with Crippen molar-refractivity contribution in [1.82, 2.24) is 62.3 Å². The summed E-state index contributed by atoms with van der Waals surface area (Å²) >= 11 is 0. The highest BCUT2D eigenvalue weighted by molar-refractivity contribution is 6.13. The molecule has 30 nitrogen and oxygen atoms in total. The van der Waals surface area contributed by atoms with Gasteiger partial charge < -0.3 is 77.2 Å². The van der Waals surface area contributed by atoms with Crippen molar-refractivity contribution >= 4 is 81.9 Å². The van der Waals surface area contributed by atoms with Crippen molar-refractivity contribution in [3.05, 3.63) is 110 Å². The first kappa shape index (κ1) is 71.0. The van der Waals surface area contributed by atoms with Crippen molar-refractivity contribution in [2.45, 2.75) is 141 Å². The van der Waals surface area contributed by atoms with Gasteiger partial charge in [-0.15, -0.1) is 0 Å². The van der Waals surface area contributed by atoms with Crippen molar-refractivity contribution < 1.29 is 86.7 Å². The van der Waals surface area contributed by atoms with E-state index in [1.54, 1.807) is 64.1 Å².